The molecule has 0 atom stereocenters. The van der Waals surface area contributed by atoms with Crippen LogP contribution < -0.4 is 5.32 Å². The molecule has 0 aliphatic carbocycles. The maximum atomic E-state index is 11.7. The lowest BCUT2D eigenvalue weighted by atomic mass is 10.3. The molecule has 1 N–H and O–H groups in total. The Bertz CT molecular complexity index is 465. The molecule has 15 heavy (non-hydrogen) atoms. The van der Waals surface area contributed by atoms with Gasteiger partial charge in [-0.3, -0.25) is 9.78 Å². The molecule has 76 valence electrons. The first kappa shape index (κ1) is 9.86. The molecule has 2 rings (SSSR count). The monoisotopic (exact) mass is 218 g/mol. The maximum Gasteiger partial charge on any atom is 0.265 e. The Balaban J connectivity index is 2.13. The van der Waals surface area contributed by atoms with Gasteiger partial charge in [-0.2, -0.15) is 0 Å². The molecule has 0 aliphatic heterocycles. The van der Waals surface area contributed by atoms with Crippen molar-refractivity contribution in [1.82, 2.24) is 4.98 Å². The van der Waals surface area contributed by atoms with Crippen LogP contribution in [0.25, 0.3) is 0 Å². The number of rotatable bonds is 2. The maximum absolute atomic E-state index is 11.7. The summed E-state index contributed by atoms with van der Waals surface area (Å²) < 4.78 is 0. The molecule has 3 nitrogen and oxygen atoms in total. The Morgan fingerprint density at radius 1 is 1.47 bits per heavy atom. The number of thiophene rings is 1. The van der Waals surface area contributed by atoms with Crippen LogP contribution in [-0.4, -0.2) is 10.9 Å². The lowest BCUT2D eigenvalue weighted by Crippen LogP contribution is -2.10. The van der Waals surface area contributed by atoms with Crippen LogP contribution in [0.1, 0.15) is 15.4 Å². The van der Waals surface area contributed by atoms with Gasteiger partial charge in [-0.1, -0.05) is 6.07 Å². The van der Waals surface area contributed by atoms with Gasteiger partial charge >= 0.3 is 0 Å². The standard InChI is InChI=1S/C11H10N2OS/c1-8-7-9(4-5-12-8)13-11(14)10-3-2-6-15-10/h2-7H,1H3,(H,12,13,14). The van der Waals surface area contributed by atoms with Crippen LogP contribution >= 0.6 is 11.3 Å². The predicted octanol–water partition coefficient (Wildman–Crippen LogP) is 2.70. The lowest BCUT2D eigenvalue weighted by molar-refractivity contribution is 0.103. The van der Waals surface area contributed by atoms with Gasteiger partial charge in [-0.05, 0) is 30.5 Å². The van der Waals surface area contributed by atoms with Crippen LogP contribution in [0.3, 0.4) is 0 Å². The average molecular weight is 218 g/mol. The van der Waals surface area contributed by atoms with E-state index in [4.69, 9.17) is 0 Å². The van der Waals surface area contributed by atoms with E-state index in [1.165, 1.54) is 11.3 Å². The van der Waals surface area contributed by atoms with Crippen LogP contribution in [-0.2, 0) is 0 Å². The third kappa shape index (κ3) is 2.41. The number of carbonyl (C=O) groups excluding carboxylic acids is 1. The Morgan fingerprint density at radius 3 is 3.00 bits per heavy atom. The number of anilines is 1. The molecule has 0 bridgehead atoms. The van der Waals surface area contributed by atoms with Gasteiger partial charge in [0.05, 0.1) is 4.88 Å². The van der Waals surface area contributed by atoms with Crippen molar-refractivity contribution < 1.29 is 4.79 Å². The van der Waals surface area contributed by atoms with E-state index in [9.17, 15) is 4.79 Å². The highest BCUT2D eigenvalue weighted by Crippen LogP contribution is 2.13. The summed E-state index contributed by atoms with van der Waals surface area (Å²) in [5, 5.41) is 4.70. The molecule has 0 saturated heterocycles. The molecule has 0 saturated carbocycles. The fraction of sp³-hybridized carbons (Fsp3) is 0.0909. The van der Waals surface area contributed by atoms with Gasteiger partial charge < -0.3 is 5.32 Å². The van der Waals surface area contributed by atoms with Crippen LogP contribution in [0.4, 0.5) is 5.69 Å². The van der Waals surface area contributed by atoms with Gasteiger partial charge in [-0.15, -0.1) is 11.3 Å². The number of aromatic nitrogens is 1. The summed E-state index contributed by atoms with van der Waals surface area (Å²) in [5.41, 5.74) is 1.67. The van der Waals surface area contributed by atoms with Gasteiger partial charge in [0.15, 0.2) is 0 Å². The highest BCUT2D eigenvalue weighted by molar-refractivity contribution is 7.12. The largest absolute Gasteiger partial charge is 0.321 e. The quantitative estimate of drug-likeness (QED) is 0.842. The fourth-order valence-electron chi connectivity index (χ4n) is 1.22. The van der Waals surface area contributed by atoms with Crippen LogP contribution in [0, 0.1) is 6.92 Å². The summed E-state index contributed by atoms with van der Waals surface area (Å²) in [6.07, 6.45) is 1.68. The predicted molar refractivity (Wildman–Crippen MR) is 61.2 cm³/mol. The van der Waals surface area contributed by atoms with Crippen molar-refractivity contribution in [2.24, 2.45) is 0 Å². The molecule has 1 amide bonds. The summed E-state index contributed by atoms with van der Waals surface area (Å²) in [6.45, 7) is 1.89. The Labute approximate surface area is 91.8 Å². The average Bonchev–Trinajstić information content (AvgIpc) is 2.70. The summed E-state index contributed by atoms with van der Waals surface area (Å²) in [5.74, 6) is -0.0735. The molecule has 0 unspecified atom stereocenters. The van der Waals surface area contributed by atoms with E-state index in [1.54, 1.807) is 18.3 Å². The van der Waals surface area contributed by atoms with Gasteiger partial charge in [0.2, 0.25) is 0 Å². The van der Waals surface area contributed by atoms with Crippen molar-refractivity contribution in [3.05, 3.63) is 46.4 Å². The number of hydrogen-bond donors (Lipinski definition) is 1. The van der Waals surface area contributed by atoms with Crippen molar-refractivity contribution in [1.29, 1.82) is 0 Å². The summed E-state index contributed by atoms with van der Waals surface area (Å²) >= 11 is 1.43. The number of carbonyl (C=O) groups is 1. The van der Waals surface area contributed by atoms with Gasteiger partial charge in [0.25, 0.3) is 5.91 Å². The smallest absolute Gasteiger partial charge is 0.265 e. The van der Waals surface area contributed by atoms with Crippen LogP contribution in [0.2, 0.25) is 0 Å². The number of hydrogen-bond acceptors (Lipinski definition) is 3. The molecule has 0 fully saturated rings. The Morgan fingerprint density at radius 2 is 2.33 bits per heavy atom. The molecule has 4 heteroatoms. The number of nitrogens with one attached hydrogen (secondary N) is 1. The molecule has 0 aliphatic rings. The van der Waals surface area contributed by atoms with E-state index in [0.29, 0.717) is 4.88 Å². The number of pyridine rings is 1. The van der Waals surface area contributed by atoms with Crippen molar-refractivity contribution >= 4 is 22.9 Å². The highest BCUT2D eigenvalue weighted by atomic mass is 32.1. The Kier molecular flexibility index (Phi) is 2.78. The van der Waals surface area contributed by atoms with Gasteiger partial charge in [-0.25, -0.2) is 0 Å². The number of amides is 1. The zero-order valence-corrected chi connectivity index (χ0v) is 9.04. The van der Waals surface area contributed by atoms with E-state index in [-0.39, 0.29) is 5.91 Å². The van der Waals surface area contributed by atoms with Gasteiger partial charge in [0, 0.05) is 17.6 Å². The van der Waals surface area contributed by atoms with Crippen molar-refractivity contribution in [2.45, 2.75) is 6.92 Å². The minimum atomic E-state index is -0.0735. The summed E-state index contributed by atoms with van der Waals surface area (Å²) in [4.78, 5) is 16.4. The summed E-state index contributed by atoms with van der Waals surface area (Å²) in [7, 11) is 0. The normalized spacial score (nSPS) is 9.93. The second kappa shape index (κ2) is 4.23. The third-order valence-corrected chi connectivity index (χ3v) is 2.77. The molecule has 0 radical (unpaired) electrons. The van der Waals surface area contributed by atoms with E-state index in [0.717, 1.165) is 11.4 Å². The van der Waals surface area contributed by atoms with Crippen LogP contribution in [0.15, 0.2) is 35.8 Å². The molecule has 2 aromatic rings. The first-order valence-corrected chi connectivity index (χ1v) is 5.41. The molecule has 2 heterocycles. The summed E-state index contributed by atoms with van der Waals surface area (Å²) in [6, 6.07) is 7.27. The van der Waals surface area contributed by atoms with Gasteiger partial charge in [0.1, 0.15) is 0 Å². The third-order valence-electron chi connectivity index (χ3n) is 1.90. The second-order valence-electron chi connectivity index (χ2n) is 3.12. The highest BCUT2D eigenvalue weighted by Gasteiger charge is 2.06. The first-order valence-electron chi connectivity index (χ1n) is 4.53. The number of aryl methyl sites for hydroxylation is 1. The molecular weight excluding hydrogens is 208 g/mol. The molecule has 0 aromatic carbocycles. The minimum Gasteiger partial charge on any atom is -0.321 e. The van der Waals surface area contributed by atoms with E-state index in [1.807, 2.05) is 24.4 Å². The molecule has 0 spiro atoms. The zero-order chi connectivity index (χ0) is 10.7. The number of nitrogens with zero attached hydrogens (tertiary/aromatic N) is 1. The van der Waals surface area contributed by atoms with E-state index >= 15 is 0 Å². The van der Waals surface area contributed by atoms with Crippen molar-refractivity contribution in [3.63, 3.8) is 0 Å². The second-order valence-corrected chi connectivity index (χ2v) is 4.07. The Hall–Kier alpha value is -1.68. The fourth-order valence-corrected chi connectivity index (χ4v) is 1.84. The molecular formula is C11H10N2OS. The topological polar surface area (TPSA) is 42.0 Å². The minimum absolute atomic E-state index is 0.0735. The van der Waals surface area contributed by atoms with Crippen molar-refractivity contribution in [2.75, 3.05) is 5.32 Å². The lowest BCUT2D eigenvalue weighted by Gasteiger charge is -2.03. The first-order chi connectivity index (χ1) is 7.25. The SMILES string of the molecule is Cc1cc(NC(=O)c2cccs2)ccn1. The zero-order valence-electron chi connectivity index (χ0n) is 8.23. The van der Waals surface area contributed by atoms with Crippen molar-refractivity contribution in [3.8, 4) is 0 Å². The van der Waals surface area contributed by atoms with Crippen LogP contribution in [0.5, 0.6) is 0 Å². The van der Waals surface area contributed by atoms with E-state index in [2.05, 4.69) is 10.3 Å². The van der Waals surface area contributed by atoms with E-state index < -0.39 is 0 Å². The molecule has 2 aromatic heterocycles.